The van der Waals surface area contributed by atoms with Crippen LogP contribution in [0.2, 0.25) is 0 Å². The molecule has 3 aromatic rings. The van der Waals surface area contributed by atoms with Gasteiger partial charge in [-0.1, -0.05) is 12.1 Å². The first-order chi connectivity index (χ1) is 14.5. The van der Waals surface area contributed by atoms with Gasteiger partial charge in [-0.05, 0) is 55.4 Å². The Labute approximate surface area is 174 Å². The third-order valence-corrected chi connectivity index (χ3v) is 6.10. The van der Waals surface area contributed by atoms with E-state index in [1.54, 1.807) is 19.5 Å². The number of hydrogen-bond acceptors (Lipinski definition) is 4. The smallest absolute Gasteiger partial charge is 0.251 e. The number of aromatic nitrogens is 2. The fourth-order valence-corrected chi connectivity index (χ4v) is 4.58. The Balaban J connectivity index is 1.72. The van der Waals surface area contributed by atoms with Crippen molar-refractivity contribution in [2.24, 2.45) is 10.7 Å². The number of aryl methyl sites for hydroxylation is 1. The summed E-state index contributed by atoms with van der Waals surface area (Å²) in [5.41, 5.74) is 10.9. The summed E-state index contributed by atoms with van der Waals surface area (Å²) >= 11 is 0. The average molecular weight is 412 g/mol. The molecule has 30 heavy (non-hydrogen) atoms. The highest BCUT2D eigenvalue weighted by Gasteiger charge is 2.26. The molecule has 7 heteroatoms. The van der Waals surface area contributed by atoms with Crippen molar-refractivity contribution < 1.29 is 8.78 Å². The number of rotatable bonds is 5. The Hall–Kier alpha value is -2.80. The highest BCUT2D eigenvalue weighted by atomic mass is 19.3. The minimum absolute atomic E-state index is 0.134. The summed E-state index contributed by atoms with van der Waals surface area (Å²) in [5.74, 6) is 0.332. The summed E-state index contributed by atoms with van der Waals surface area (Å²) in [6.45, 7) is 3.39. The van der Waals surface area contributed by atoms with Gasteiger partial charge in [0, 0.05) is 53.6 Å². The van der Waals surface area contributed by atoms with Crippen LogP contribution in [0, 0.1) is 6.92 Å². The van der Waals surface area contributed by atoms with Crippen molar-refractivity contribution in [3.05, 3.63) is 47.4 Å². The molecular weight excluding hydrogens is 384 g/mol. The number of nitrogens with one attached hydrogen (secondary N) is 1. The number of pyridine rings is 1. The number of piperidine rings is 1. The molecule has 0 amide bonds. The SMILES string of the molecule is CN=C/C(=C\N)c1ccc2cnc3[nH]c(C4CCN(CC(F)F)CC4)c(C)c3c2c1. The predicted molar refractivity (Wildman–Crippen MR) is 119 cm³/mol. The first-order valence-electron chi connectivity index (χ1n) is 10.3. The van der Waals surface area contributed by atoms with Crippen molar-refractivity contribution in [2.45, 2.75) is 32.1 Å². The van der Waals surface area contributed by atoms with Gasteiger partial charge in [-0.2, -0.15) is 0 Å². The van der Waals surface area contributed by atoms with E-state index in [1.807, 2.05) is 17.2 Å². The molecular formula is C23H27F2N5. The van der Waals surface area contributed by atoms with Crippen LogP contribution in [-0.4, -0.2) is 54.2 Å². The summed E-state index contributed by atoms with van der Waals surface area (Å²) < 4.78 is 25.4. The van der Waals surface area contributed by atoms with Crippen LogP contribution in [0.1, 0.15) is 35.6 Å². The molecule has 0 unspecified atom stereocenters. The number of nitrogens with zero attached hydrogens (tertiary/aromatic N) is 3. The third-order valence-electron chi connectivity index (χ3n) is 6.10. The summed E-state index contributed by atoms with van der Waals surface area (Å²) in [6.07, 6.45) is 4.67. The van der Waals surface area contributed by atoms with Crippen LogP contribution in [0.5, 0.6) is 0 Å². The van der Waals surface area contributed by atoms with Crippen LogP contribution in [0.15, 0.2) is 35.6 Å². The fraction of sp³-hybridized carbons (Fsp3) is 0.391. The van der Waals surface area contributed by atoms with E-state index >= 15 is 0 Å². The molecule has 2 aromatic heterocycles. The Morgan fingerprint density at radius 2 is 2.13 bits per heavy atom. The van der Waals surface area contributed by atoms with Crippen molar-refractivity contribution in [1.29, 1.82) is 0 Å². The Morgan fingerprint density at radius 3 is 2.80 bits per heavy atom. The maximum absolute atomic E-state index is 12.7. The van der Waals surface area contributed by atoms with Crippen LogP contribution < -0.4 is 5.73 Å². The molecule has 3 heterocycles. The summed E-state index contributed by atoms with van der Waals surface area (Å²) in [4.78, 5) is 14.1. The van der Waals surface area contributed by atoms with E-state index in [2.05, 4.69) is 34.0 Å². The standard InChI is InChI=1S/C23H27F2N5/c1-14-21-19-9-16(18(10-26)11-27-2)3-4-17(19)12-28-23(21)29-22(14)15-5-7-30(8-6-15)13-20(24)25/h3-4,9-12,15,20H,5-8,13,26H2,1-2H3,(H,28,29)/b18-10+,27-11?. The number of benzene rings is 1. The highest BCUT2D eigenvalue weighted by molar-refractivity contribution is 6.13. The van der Waals surface area contributed by atoms with E-state index in [0.29, 0.717) is 19.0 Å². The number of halogens is 2. The van der Waals surface area contributed by atoms with Gasteiger partial charge >= 0.3 is 0 Å². The van der Waals surface area contributed by atoms with Gasteiger partial charge in [0.2, 0.25) is 0 Å². The lowest BCUT2D eigenvalue weighted by Gasteiger charge is -2.31. The third kappa shape index (κ3) is 3.81. The van der Waals surface area contributed by atoms with Crippen LogP contribution in [-0.2, 0) is 0 Å². The maximum Gasteiger partial charge on any atom is 0.251 e. The monoisotopic (exact) mass is 411 g/mol. The first-order valence-corrected chi connectivity index (χ1v) is 10.3. The second kappa shape index (κ2) is 8.52. The van der Waals surface area contributed by atoms with Crippen molar-refractivity contribution in [2.75, 3.05) is 26.7 Å². The quantitative estimate of drug-likeness (QED) is 0.609. The van der Waals surface area contributed by atoms with Crippen LogP contribution in [0.4, 0.5) is 8.78 Å². The summed E-state index contributed by atoms with van der Waals surface area (Å²) in [7, 11) is 1.72. The first kappa shape index (κ1) is 20.5. The van der Waals surface area contributed by atoms with Gasteiger partial charge in [-0.3, -0.25) is 9.89 Å². The average Bonchev–Trinajstić information content (AvgIpc) is 3.09. The number of allylic oxidation sites excluding steroid dienone is 1. The zero-order valence-corrected chi connectivity index (χ0v) is 17.3. The zero-order chi connectivity index (χ0) is 21.3. The van der Waals surface area contributed by atoms with E-state index in [-0.39, 0.29) is 6.54 Å². The van der Waals surface area contributed by atoms with Crippen molar-refractivity contribution >= 4 is 33.6 Å². The van der Waals surface area contributed by atoms with Crippen LogP contribution in [0.25, 0.3) is 27.4 Å². The van der Waals surface area contributed by atoms with Crippen LogP contribution in [0.3, 0.4) is 0 Å². The number of alkyl halides is 2. The number of likely N-dealkylation sites (tertiary alicyclic amines) is 1. The number of aromatic amines is 1. The lowest BCUT2D eigenvalue weighted by atomic mass is 9.90. The van der Waals surface area contributed by atoms with Crippen molar-refractivity contribution in [3.8, 4) is 0 Å². The van der Waals surface area contributed by atoms with E-state index in [1.165, 1.54) is 11.3 Å². The number of H-pyrrole nitrogens is 1. The number of aliphatic imine (C=N–C) groups is 1. The van der Waals surface area contributed by atoms with Crippen molar-refractivity contribution in [3.63, 3.8) is 0 Å². The number of hydrogen-bond donors (Lipinski definition) is 2. The lowest BCUT2D eigenvalue weighted by molar-refractivity contribution is 0.0752. The highest BCUT2D eigenvalue weighted by Crippen LogP contribution is 2.36. The molecule has 1 aromatic carbocycles. The number of nitrogens with two attached hydrogens (primary N) is 1. The van der Waals surface area contributed by atoms with Gasteiger partial charge in [0.05, 0.1) is 6.54 Å². The Kier molecular flexibility index (Phi) is 5.81. The normalized spacial score (nSPS) is 17.2. The fourth-order valence-electron chi connectivity index (χ4n) is 4.58. The zero-order valence-electron chi connectivity index (χ0n) is 17.3. The van der Waals surface area contributed by atoms with E-state index in [9.17, 15) is 8.78 Å². The molecule has 0 radical (unpaired) electrons. The van der Waals surface area contributed by atoms with Crippen LogP contribution >= 0.6 is 0 Å². The molecule has 1 aliphatic rings. The van der Waals surface area contributed by atoms with Gasteiger partial charge in [0.1, 0.15) is 5.65 Å². The molecule has 1 fully saturated rings. The Bertz CT molecular complexity index is 1110. The maximum atomic E-state index is 12.7. The molecule has 0 bridgehead atoms. The minimum Gasteiger partial charge on any atom is -0.404 e. The van der Waals surface area contributed by atoms with Gasteiger partial charge in [-0.15, -0.1) is 0 Å². The van der Waals surface area contributed by atoms with Gasteiger partial charge in [-0.25, -0.2) is 13.8 Å². The second-order valence-corrected chi connectivity index (χ2v) is 7.92. The lowest BCUT2D eigenvalue weighted by Crippen LogP contribution is -2.36. The number of fused-ring (bicyclic) bond motifs is 3. The summed E-state index contributed by atoms with van der Waals surface area (Å²) in [6, 6.07) is 6.21. The molecule has 0 atom stereocenters. The van der Waals surface area contributed by atoms with Gasteiger partial charge < -0.3 is 10.7 Å². The van der Waals surface area contributed by atoms with Gasteiger partial charge in [0.15, 0.2) is 0 Å². The molecule has 1 saturated heterocycles. The molecule has 4 rings (SSSR count). The summed E-state index contributed by atoms with van der Waals surface area (Å²) in [5, 5.41) is 3.30. The molecule has 1 aliphatic heterocycles. The van der Waals surface area contributed by atoms with Crippen molar-refractivity contribution in [1.82, 2.24) is 14.9 Å². The predicted octanol–water partition coefficient (Wildman–Crippen LogP) is 4.47. The van der Waals surface area contributed by atoms with E-state index in [4.69, 9.17) is 5.73 Å². The second-order valence-electron chi connectivity index (χ2n) is 7.92. The largest absolute Gasteiger partial charge is 0.404 e. The minimum atomic E-state index is -2.27. The molecule has 0 spiro atoms. The molecule has 3 N–H and O–H groups in total. The van der Waals surface area contributed by atoms with E-state index < -0.39 is 6.43 Å². The molecule has 5 nitrogen and oxygen atoms in total. The molecule has 0 saturated carbocycles. The molecule has 158 valence electrons. The van der Waals surface area contributed by atoms with E-state index in [0.717, 1.165) is 45.8 Å². The topological polar surface area (TPSA) is 70.3 Å². The molecule has 0 aliphatic carbocycles. The Morgan fingerprint density at radius 1 is 1.37 bits per heavy atom. The van der Waals surface area contributed by atoms with Gasteiger partial charge in [0.25, 0.3) is 6.43 Å².